The number of likely N-dealkylation sites (N-methyl/N-ethyl adjacent to an activating group) is 1. The molecule has 0 radical (unpaired) electrons. The summed E-state index contributed by atoms with van der Waals surface area (Å²) in [5.74, 6) is 0.586. The molecule has 0 saturated carbocycles. The lowest BCUT2D eigenvalue weighted by molar-refractivity contribution is -0.138. The molecular weight excluding hydrogens is 250 g/mol. The van der Waals surface area contributed by atoms with Gasteiger partial charge in [0.15, 0.2) is 0 Å². The van der Waals surface area contributed by atoms with Gasteiger partial charge in [-0.1, -0.05) is 51.1 Å². The highest BCUT2D eigenvalue weighted by Gasteiger charge is 2.27. The van der Waals surface area contributed by atoms with Crippen LogP contribution < -0.4 is 0 Å². The molecule has 0 spiro atoms. The molecule has 0 aliphatic rings. The minimum Gasteiger partial charge on any atom is -0.386 e. The number of amides is 1. The summed E-state index contributed by atoms with van der Waals surface area (Å²) in [7, 11) is 1.77. The van der Waals surface area contributed by atoms with Gasteiger partial charge >= 0.3 is 0 Å². The number of carbonyl (C=O) groups excluding carboxylic acids is 1. The normalized spacial score (nSPS) is 15.8. The lowest BCUT2D eigenvalue weighted by atomic mass is 9.96. The topological polar surface area (TPSA) is 40.5 Å². The number of aliphatic hydroxyl groups excluding tert-OH is 1. The van der Waals surface area contributed by atoms with Crippen molar-refractivity contribution in [2.24, 2.45) is 11.8 Å². The minimum absolute atomic E-state index is 0.00887. The van der Waals surface area contributed by atoms with Gasteiger partial charge in [-0.05, 0) is 24.8 Å². The molecule has 1 unspecified atom stereocenters. The van der Waals surface area contributed by atoms with Crippen molar-refractivity contribution in [2.75, 3.05) is 7.05 Å². The third-order valence-corrected chi connectivity index (χ3v) is 3.80. The predicted molar refractivity (Wildman–Crippen MR) is 82.3 cm³/mol. The molecule has 0 bridgehead atoms. The van der Waals surface area contributed by atoms with E-state index < -0.39 is 6.10 Å². The van der Waals surface area contributed by atoms with Crippen molar-refractivity contribution in [3.8, 4) is 0 Å². The van der Waals surface area contributed by atoms with Crippen LogP contribution in [0, 0.1) is 11.8 Å². The van der Waals surface area contributed by atoms with E-state index in [4.69, 9.17) is 0 Å². The lowest BCUT2D eigenvalue weighted by Gasteiger charge is -2.31. The van der Waals surface area contributed by atoms with E-state index in [1.165, 1.54) is 0 Å². The first-order chi connectivity index (χ1) is 9.34. The Morgan fingerprint density at radius 1 is 1.15 bits per heavy atom. The monoisotopic (exact) mass is 277 g/mol. The van der Waals surface area contributed by atoms with E-state index in [2.05, 4.69) is 13.8 Å². The summed E-state index contributed by atoms with van der Waals surface area (Å²) in [6.07, 6.45) is 0.216. The Morgan fingerprint density at radius 2 is 1.70 bits per heavy atom. The van der Waals surface area contributed by atoms with Crippen LogP contribution in [0.2, 0.25) is 0 Å². The summed E-state index contributed by atoms with van der Waals surface area (Å²) in [5.41, 5.74) is 0.844. The van der Waals surface area contributed by atoms with Crippen LogP contribution in [0.25, 0.3) is 0 Å². The summed E-state index contributed by atoms with van der Waals surface area (Å²) in [5, 5.41) is 10.4. The Morgan fingerprint density at radius 3 is 2.20 bits per heavy atom. The van der Waals surface area contributed by atoms with Gasteiger partial charge in [-0.3, -0.25) is 4.79 Å². The van der Waals surface area contributed by atoms with E-state index >= 15 is 0 Å². The van der Waals surface area contributed by atoms with Crippen molar-refractivity contribution < 1.29 is 9.90 Å². The average Bonchev–Trinajstić information content (AvgIpc) is 2.44. The highest BCUT2D eigenvalue weighted by atomic mass is 16.3. The average molecular weight is 277 g/mol. The molecule has 0 aliphatic carbocycles. The molecule has 20 heavy (non-hydrogen) atoms. The van der Waals surface area contributed by atoms with Crippen molar-refractivity contribution >= 4 is 5.91 Å². The molecule has 0 fully saturated rings. The molecule has 0 saturated heterocycles. The second-order valence-electron chi connectivity index (χ2n) is 6.08. The lowest BCUT2D eigenvalue weighted by Crippen LogP contribution is -2.41. The first-order valence-corrected chi connectivity index (χ1v) is 7.34. The van der Waals surface area contributed by atoms with Gasteiger partial charge < -0.3 is 10.0 Å². The van der Waals surface area contributed by atoms with Crippen molar-refractivity contribution in [3.05, 3.63) is 35.9 Å². The van der Waals surface area contributed by atoms with E-state index in [0.29, 0.717) is 5.92 Å². The molecular formula is C17H27NO2. The second kappa shape index (κ2) is 7.44. The number of hydrogen-bond acceptors (Lipinski definition) is 2. The Balaban J connectivity index is 2.71. The maximum Gasteiger partial charge on any atom is 0.225 e. The molecule has 3 nitrogen and oxygen atoms in total. The third kappa shape index (κ3) is 4.34. The van der Waals surface area contributed by atoms with Crippen molar-refractivity contribution in [1.82, 2.24) is 4.90 Å². The molecule has 1 N–H and O–H groups in total. The predicted octanol–water partition coefficient (Wildman–Crippen LogP) is 3.25. The zero-order valence-electron chi connectivity index (χ0n) is 13.2. The van der Waals surface area contributed by atoms with Gasteiger partial charge in [-0.25, -0.2) is 0 Å². The standard InChI is InChI=1S/C17H27NO2/c1-12(2)11-13(3)17(20)18(5)14(4)16(19)15-9-7-6-8-10-15/h6-10,12-14,16,19H,11H2,1-5H3/t13-,14+,16?/m1/s1. The zero-order valence-corrected chi connectivity index (χ0v) is 13.2. The van der Waals surface area contributed by atoms with Crippen LogP contribution in [-0.2, 0) is 4.79 Å². The van der Waals surface area contributed by atoms with Gasteiger partial charge in [0.1, 0.15) is 0 Å². The summed E-state index contributed by atoms with van der Waals surface area (Å²) < 4.78 is 0. The summed E-state index contributed by atoms with van der Waals surface area (Å²) in [4.78, 5) is 14.0. The number of benzene rings is 1. The van der Waals surface area contributed by atoms with Crippen LogP contribution in [0.4, 0.5) is 0 Å². The number of carbonyl (C=O) groups is 1. The smallest absolute Gasteiger partial charge is 0.225 e. The van der Waals surface area contributed by atoms with Gasteiger partial charge in [0.05, 0.1) is 12.1 Å². The fourth-order valence-electron chi connectivity index (χ4n) is 2.50. The molecule has 112 valence electrons. The second-order valence-corrected chi connectivity index (χ2v) is 6.08. The number of hydrogen-bond donors (Lipinski definition) is 1. The molecule has 0 aliphatic heterocycles. The molecule has 3 atom stereocenters. The maximum atomic E-state index is 12.4. The molecule has 1 rings (SSSR count). The minimum atomic E-state index is -0.656. The molecule has 1 aromatic carbocycles. The molecule has 1 amide bonds. The van der Waals surface area contributed by atoms with Crippen LogP contribution >= 0.6 is 0 Å². The van der Waals surface area contributed by atoms with Crippen LogP contribution in [-0.4, -0.2) is 29.0 Å². The van der Waals surface area contributed by atoms with Gasteiger partial charge in [-0.2, -0.15) is 0 Å². The van der Waals surface area contributed by atoms with Gasteiger partial charge in [0.2, 0.25) is 5.91 Å². The number of aliphatic hydroxyl groups is 1. The van der Waals surface area contributed by atoms with Crippen LogP contribution in [0.1, 0.15) is 45.8 Å². The SMILES string of the molecule is CC(C)C[C@@H](C)C(=O)N(C)[C@@H](C)C(O)c1ccccc1. The van der Waals surface area contributed by atoms with Crippen LogP contribution in [0.15, 0.2) is 30.3 Å². The fourth-order valence-corrected chi connectivity index (χ4v) is 2.50. The quantitative estimate of drug-likeness (QED) is 0.867. The van der Waals surface area contributed by atoms with E-state index in [1.54, 1.807) is 11.9 Å². The largest absolute Gasteiger partial charge is 0.386 e. The van der Waals surface area contributed by atoms with E-state index in [-0.39, 0.29) is 17.9 Å². The zero-order chi connectivity index (χ0) is 15.3. The Hall–Kier alpha value is -1.35. The Kier molecular flexibility index (Phi) is 6.21. The van der Waals surface area contributed by atoms with Crippen molar-refractivity contribution in [2.45, 2.75) is 46.3 Å². The van der Waals surface area contributed by atoms with E-state index in [9.17, 15) is 9.90 Å². The van der Waals surface area contributed by atoms with Crippen molar-refractivity contribution in [3.63, 3.8) is 0 Å². The summed E-state index contributed by atoms with van der Waals surface area (Å²) in [6, 6.07) is 9.25. The summed E-state index contributed by atoms with van der Waals surface area (Å²) >= 11 is 0. The molecule has 0 heterocycles. The van der Waals surface area contributed by atoms with Crippen molar-refractivity contribution in [1.29, 1.82) is 0 Å². The van der Waals surface area contributed by atoms with E-state index in [1.807, 2.05) is 44.2 Å². The Bertz CT molecular complexity index is 416. The molecule has 1 aromatic rings. The first-order valence-electron chi connectivity index (χ1n) is 7.34. The Labute approximate surface area is 122 Å². The van der Waals surface area contributed by atoms with Gasteiger partial charge in [-0.15, -0.1) is 0 Å². The fraction of sp³-hybridized carbons (Fsp3) is 0.588. The van der Waals surface area contributed by atoms with Crippen LogP contribution in [0.3, 0.4) is 0 Å². The highest BCUT2D eigenvalue weighted by molar-refractivity contribution is 5.78. The first kappa shape index (κ1) is 16.7. The van der Waals surface area contributed by atoms with E-state index in [0.717, 1.165) is 12.0 Å². The number of nitrogens with zero attached hydrogens (tertiary/aromatic N) is 1. The molecule has 0 aromatic heterocycles. The van der Waals surface area contributed by atoms with Gasteiger partial charge in [0.25, 0.3) is 0 Å². The van der Waals surface area contributed by atoms with Gasteiger partial charge in [0, 0.05) is 13.0 Å². The maximum absolute atomic E-state index is 12.4. The highest BCUT2D eigenvalue weighted by Crippen LogP contribution is 2.22. The molecule has 3 heteroatoms. The third-order valence-electron chi connectivity index (χ3n) is 3.80. The summed E-state index contributed by atoms with van der Waals surface area (Å²) in [6.45, 7) is 8.08. The van der Waals surface area contributed by atoms with Crippen LogP contribution in [0.5, 0.6) is 0 Å². The number of rotatable bonds is 6.